The zero-order valence-electron chi connectivity index (χ0n) is 7.73. The number of halogens is 1. The lowest BCUT2D eigenvalue weighted by molar-refractivity contribution is 0.622. The van der Waals surface area contributed by atoms with Gasteiger partial charge in [0.2, 0.25) is 0 Å². The van der Waals surface area contributed by atoms with Gasteiger partial charge in [-0.3, -0.25) is 0 Å². The molecule has 1 rings (SSSR count). The summed E-state index contributed by atoms with van der Waals surface area (Å²) in [5, 5.41) is 3.22. The Hall–Kier alpha value is -0.490. The van der Waals surface area contributed by atoms with Crippen LogP contribution in [0.1, 0.15) is 24.3 Å². The number of rotatable bonds is 3. The number of nitrogens with one attached hydrogen (secondary N) is 1. The second-order valence-electron chi connectivity index (χ2n) is 2.61. The molecule has 0 fully saturated rings. The van der Waals surface area contributed by atoms with Crippen molar-refractivity contribution in [2.24, 2.45) is 0 Å². The molecule has 3 heteroatoms. The van der Waals surface area contributed by atoms with E-state index in [0.717, 1.165) is 10.8 Å². The van der Waals surface area contributed by atoms with E-state index < -0.39 is 0 Å². The molecule has 1 nitrogen and oxygen atoms in total. The van der Waals surface area contributed by atoms with E-state index in [1.165, 1.54) is 4.88 Å². The molecule has 0 saturated heterocycles. The third-order valence-corrected chi connectivity index (χ3v) is 3.11. The Kier molecular flexibility index (Phi) is 4.31. The predicted molar refractivity (Wildman–Crippen MR) is 59.2 cm³/mol. The molecule has 1 N–H and O–H groups in total. The summed E-state index contributed by atoms with van der Waals surface area (Å²) in [5.74, 6) is 5.95. The second-order valence-corrected chi connectivity index (χ2v) is 4.36. The van der Waals surface area contributed by atoms with Crippen molar-refractivity contribution in [1.82, 2.24) is 5.32 Å². The summed E-state index contributed by atoms with van der Waals surface area (Å²) in [6, 6.07) is 4.28. The van der Waals surface area contributed by atoms with Gasteiger partial charge in [0, 0.05) is 11.3 Å². The number of hydrogen-bond donors (Lipinski definition) is 1. The minimum Gasteiger partial charge on any atom is -0.312 e. The Morgan fingerprint density at radius 2 is 2.38 bits per heavy atom. The lowest BCUT2D eigenvalue weighted by atomic mass is 10.2. The molecule has 0 aliphatic carbocycles. The lowest BCUT2D eigenvalue weighted by Crippen LogP contribution is -2.14. The molecule has 1 unspecified atom stereocenters. The summed E-state index contributed by atoms with van der Waals surface area (Å²) in [5.41, 5.74) is 0. The summed E-state index contributed by atoms with van der Waals surface area (Å²) < 4.78 is 0.833. The second kappa shape index (κ2) is 5.29. The fraction of sp³-hybridized carbons (Fsp3) is 0.400. The molecular formula is C10H12ClNS. The molecule has 0 aliphatic rings. The molecule has 0 spiro atoms. The van der Waals surface area contributed by atoms with Crippen molar-refractivity contribution in [3.63, 3.8) is 0 Å². The average Bonchev–Trinajstić information content (AvgIpc) is 2.54. The van der Waals surface area contributed by atoms with Gasteiger partial charge in [0.15, 0.2) is 0 Å². The molecule has 0 amide bonds. The van der Waals surface area contributed by atoms with Crippen molar-refractivity contribution >= 4 is 22.9 Å². The molecule has 0 bridgehead atoms. The van der Waals surface area contributed by atoms with Crippen molar-refractivity contribution in [1.29, 1.82) is 0 Å². The van der Waals surface area contributed by atoms with Crippen LogP contribution in [0.15, 0.2) is 12.1 Å². The van der Waals surface area contributed by atoms with Gasteiger partial charge >= 0.3 is 0 Å². The predicted octanol–water partition coefficient (Wildman–Crippen LogP) is 3.08. The van der Waals surface area contributed by atoms with Crippen molar-refractivity contribution < 1.29 is 0 Å². The van der Waals surface area contributed by atoms with Gasteiger partial charge in [0.1, 0.15) is 0 Å². The fourth-order valence-electron chi connectivity index (χ4n) is 1.06. The van der Waals surface area contributed by atoms with Crippen molar-refractivity contribution in [2.75, 3.05) is 7.05 Å². The Bertz CT molecular complexity index is 321. The van der Waals surface area contributed by atoms with Gasteiger partial charge in [-0.15, -0.1) is 23.2 Å². The summed E-state index contributed by atoms with van der Waals surface area (Å²) in [7, 11) is 1.94. The number of hydrogen-bond acceptors (Lipinski definition) is 2. The molecule has 1 heterocycles. The van der Waals surface area contributed by atoms with E-state index in [-0.39, 0.29) is 0 Å². The summed E-state index contributed by atoms with van der Waals surface area (Å²) >= 11 is 7.46. The highest BCUT2D eigenvalue weighted by Crippen LogP contribution is 2.28. The molecule has 1 atom stereocenters. The molecule has 1 aromatic rings. The SMILES string of the molecule is CC#CCC(NC)c1ccc(Cl)s1. The smallest absolute Gasteiger partial charge is 0.0931 e. The van der Waals surface area contributed by atoms with Crippen LogP contribution < -0.4 is 5.32 Å². The van der Waals surface area contributed by atoms with Gasteiger partial charge < -0.3 is 5.32 Å². The van der Waals surface area contributed by atoms with Gasteiger partial charge in [-0.2, -0.15) is 0 Å². The van der Waals surface area contributed by atoms with Crippen LogP contribution in [0, 0.1) is 11.8 Å². The summed E-state index contributed by atoms with van der Waals surface area (Å²) in [6.45, 7) is 1.86. The van der Waals surface area contributed by atoms with Gasteiger partial charge in [0.05, 0.1) is 10.4 Å². The molecule has 0 aromatic carbocycles. The number of thiophene rings is 1. The minimum atomic E-state index is 0.310. The van der Waals surface area contributed by atoms with E-state index in [1.807, 2.05) is 26.1 Å². The van der Waals surface area contributed by atoms with Gasteiger partial charge in [0.25, 0.3) is 0 Å². The molecule has 70 valence electrons. The van der Waals surface area contributed by atoms with Crippen LogP contribution in [-0.2, 0) is 0 Å². The van der Waals surface area contributed by atoms with Crippen molar-refractivity contribution in [3.05, 3.63) is 21.3 Å². The van der Waals surface area contributed by atoms with Gasteiger partial charge in [-0.05, 0) is 26.1 Å². The van der Waals surface area contributed by atoms with E-state index in [4.69, 9.17) is 11.6 Å². The van der Waals surface area contributed by atoms with Crippen molar-refractivity contribution in [2.45, 2.75) is 19.4 Å². The maximum atomic E-state index is 5.85. The van der Waals surface area contributed by atoms with Crippen LogP contribution in [0.25, 0.3) is 0 Å². The molecule has 13 heavy (non-hydrogen) atoms. The Morgan fingerprint density at radius 3 is 2.85 bits per heavy atom. The fourth-order valence-corrected chi connectivity index (χ4v) is 2.24. The Balaban J connectivity index is 2.70. The normalized spacial score (nSPS) is 11.9. The lowest BCUT2D eigenvalue weighted by Gasteiger charge is -2.09. The average molecular weight is 214 g/mol. The zero-order valence-corrected chi connectivity index (χ0v) is 9.30. The van der Waals surface area contributed by atoms with Crippen LogP contribution in [0.3, 0.4) is 0 Å². The first-order valence-corrected chi connectivity index (χ1v) is 5.29. The van der Waals surface area contributed by atoms with E-state index in [9.17, 15) is 0 Å². The topological polar surface area (TPSA) is 12.0 Å². The van der Waals surface area contributed by atoms with Crippen LogP contribution in [0.2, 0.25) is 4.34 Å². The maximum Gasteiger partial charge on any atom is 0.0931 e. The Labute approximate surface area is 88.1 Å². The molecule has 0 radical (unpaired) electrons. The van der Waals surface area contributed by atoms with Gasteiger partial charge in [-0.25, -0.2) is 0 Å². The van der Waals surface area contributed by atoms with E-state index in [0.29, 0.717) is 6.04 Å². The highest BCUT2D eigenvalue weighted by Gasteiger charge is 2.09. The molecule has 1 aromatic heterocycles. The minimum absolute atomic E-state index is 0.310. The van der Waals surface area contributed by atoms with Crippen LogP contribution in [0.4, 0.5) is 0 Å². The van der Waals surface area contributed by atoms with E-state index >= 15 is 0 Å². The first-order valence-electron chi connectivity index (χ1n) is 4.10. The largest absolute Gasteiger partial charge is 0.312 e. The zero-order chi connectivity index (χ0) is 9.68. The highest BCUT2D eigenvalue weighted by molar-refractivity contribution is 7.16. The highest BCUT2D eigenvalue weighted by atomic mass is 35.5. The first-order chi connectivity index (χ1) is 6.27. The van der Waals surface area contributed by atoms with E-state index in [2.05, 4.69) is 17.2 Å². The Morgan fingerprint density at radius 1 is 1.62 bits per heavy atom. The summed E-state index contributed by atoms with van der Waals surface area (Å²) in [6.07, 6.45) is 0.837. The maximum absolute atomic E-state index is 5.85. The first kappa shape index (κ1) is 10.6. The monoisotopic (exact) mass is 213 g/mol. The molecule has 0 aliphatic heterocycles. The van der Waals surface area contributed by atoms with Crippen LogP contribution >= 0.6 is 22.9 Å². The van der Waals surface area contributed by atoms with Gasteiger partial charge in [-0.1, -0.05) is 11.6 Å². The standard InChI is InChI=1S/C10H12ClNS/c1-3-4-5-8(12-2)9-6-7-10(11)13-9/h6-8,12H,5H2,1-2H3. The quantitative estimate of drug-likeness (QED) is 0.761. The molecular weight excluding hydrogens is 202 g/mol. The van der Waals surface area contributed by atoms with Crippen molar-refractivity contribution in [3.8, 4) is 11.8 Å². The molecule has 0 saturated carbocycles. The third kappa shape index (κ3) is 3.04. The summed E-state index contributed by atoms with van der Waals surface area (Å²) in [4.78, 5) is 1.25. The third-order valence-electron chi connectivity index (χ3n) is 1.77. The van der Waals surface area contributed by atoms with Crippen LogP contribution in [0.5, 0.6) is 0 Å². The van der Waals surface area contributed by atoms with E-state index in [1.54, 1.807) is 11.3 Å². The van der Waals surface area contributed by atoms with Crippen LogP contribution in [-0.4, -0.2) is 7.05 Å².